The molecule has 0 heterocycles. The molecule has 1 aliphatic carbocycles. The molecule has 0 aromatic heterocycles. The van der Waals surface area contributed by atoms with Gasteiger partial charge in [0.15, 0.2) is 0 Å². The molecule has 0 aliphatic heterocycles. The van der Waals surface area contributed by atoms with E-state index in [4.69, 9.17) is 11.1 Å². The molecule has 0 bridgehead atoms. The van der Waals surface area contributed by atoms with Crippen molar-refractivity contribution in [2.24, 2.45) is 5.73 Å². The summed E-state index contributed by atoms with van der Waals surface area (Å²) in [7, 11) is 0. The molecule has 0 atom stereocenters. The van der Waals surface area contributed by atoms with Crippen molar-refractivity contribution in [3.05, 3.63) is 23.4 Å². The molecule has 0 radical (unpaired) electrons. The van der Waals surface area contributed by atoms with Crippen LogP contribution >= 0.6 is 0 Å². The molecule has 0 aromatic rings. The van der Waals surface area contributed by atoms with Gasteiger partial charge in [0.25, 0.3) is 0 Å². The van der Waals surface area contributed by atoms with E-state index in [2.05, 4.69) is 6.08 Å². The van der Waals surface area contributed by atoms with Gasteiger partial charge in [-0.15, -0.1) is 0 Å². The maximum atomic E-state index is 7.49. The molecule has 0 amide bonds. The smallest absolute Gasteiger partial charge is 0.0406 e. The molecule has 0 saturated heterocycles. The van der Waals surface area contributed by atoms with Crippen molar-refractivity contribution in [2.75, 3.05) is 0 Å². The average molecular weight is 136 g/mol. The Bertz CT molecular complexity index is 207. The Kier molecular flexibility index (Phi) is 1.90. The van der Waals surface area contributed by atoms with E-state index in [-0.39, 0.29) is 0 Å². The summed E-state index contributed by atoms with van der Waals surface area (Å²) in [5, 5.41) is 7.49. The van der Waals surface area contributed by atoms with Crippen LogP contribution in [0.5, 0.6) is 0 Å². The monoisotopic (exact) mass is 136 g/mol. The van der Waals surface area contributed by atoms with Gasteiger partial charge in [-0.3, -0.25) is 0 Å². The molecular weight excluding hydrogens is 124 g/mol. The first-order valence-electron chi connectivity index (χ1n) is 3.42. The van der Waals surface area contributed by atoms with Gasteiger partial charge in [-0.2, -0.15) is 0 Å². The molecule has 2 nitrogen and oxygen atoms in total. The van der Waals surface area contributed by atoms with E-state index in [1.165, 1.54) is 0 Å². The normalized spacial score (nSPS) is 23.1. The number of rotatable bonds is 0. The molecule has 2 heteroatoms. The van der Waals surface area contributed by atoms with Crippen LogP contribution in [0.25, 0.3) is 0 Å². The number of hydrogen-bond acceptors (Lipinski definition) is 2. The Morgan fingerprint density at radius 3 is 2.80 bits per heavy atom. The van der Waals surface area contributed by atoms with Crippen molar-refractivity contribution >= 4 is 5.71 Å². The minimum atomic E-state index is 0.669. The van der Waals surface area contributed by atoms with Gasteiger partial charge in [-0.05, 0) is 19.8 Å². The molecule has 0 saturated carbocycles. The Hall–Kier alpha value is -1.05. The van der Waals surface area contributed by atoms with Crippen LogP contribution in [0.4, 0.5) is 0 Å². The molecule has 1 aliphatic rings. The zero-order valence-electron chi connectivity index (χ0n) is 6.15. The third-order valence-corrected chi connectivity index (χ3v) is 1.60. The van der Waals surface area contributed by atoms with Crippen molar-refractivity contribution in [2.45, 2.75) is 19.8 Å². The van der Waals surface area contributed by atoms with Crippen molar-refractivity contribution in [3.8, 4) is 0 Å². The van der Waals surface area contributed by atoms with E-state index >= 15 is 0 Å². The second-order valence-corrected chi connectivity index (χ2v) is 2.52. The quantitative estimate of drug-likeness (QED) is 0.522. The first-order chi connectivity index (χ1) is 4.72. The molecule has 1 rings (SSSR count). The fourth-order valence-corrected chi connectivity index (χ4v) is 1.03. The van der Waals surface area contributed by atoms with Crippen molar-refractivity contribution in [1.82, 2.24) is 0 Å². The van der Waals surface area contributed by atoms with Crippen LogP contribution in [-0.2, 0) is 0 Å². The van der Waals surface area contributed by atoms with Gasteiger partial charge in [0.1, 0.15) is 0 Å². The van der Waals surface area contributed by atoms with E-state index in [0.29, 0.717) is 5.71 Å². The lowest BCUT2D eigenvalue weighted by Crippen LogP contribution is -2.09. The maximum Gasteiger partial charge on any atom is 0.0406 e. The highest BCUT2D eigenvalue weighted by atomic mass is 14.6. The van der Waals surface area contributed by atoms with E-state index in [9.17, 15) is 0 Å². The summed E-state index contributed by atoms with van der Waals surface area (Å²) in [4.78, 5) is 0. The number of hydrogen-bond donors (Lipinski definition) is 2. The minimum Gasteiger partial charge on any atom is -0.402 e. The first kappa shape index (κ1) is 7.06. The third-order valence-electron chi connectivity index (χ3n) is 1.60. The average Bonchev–Trinajstić information content (AvgIpc) is 1.88. The highest BCUT2D eigenvalue weighted by Crippen LogP contribution is 2.13. The van der Waals surface area contributed by atoms with Crippen molar-refractivity contribution < 1.29 is 0 Å². The van der Waals surface area contributed by atoms with E-state index < -0.39 is 0 Å². The van der Waals surface area contributed by atoms with Crippen LogP contribution < -0.4 is 5.73 Å². The second kappa shape index (κ2) is 2.69. The lowest BCUT2D eigenvalue weighted by Gasteiger charge is -2.09. The summed E-state index contributed by atoms with van der Waals surface area (Å²) in [6.45, 7) is 1.83. The van der Waals surface area contributed by atoms with Crippen LogP contribution in [0.15, 0.2) is 23.4 Å². The number of nitrogens with one attached hydrogen (secondary N) is 1. The predicted molar refractivity (Wildman–Crippen MR) is 43.0 cm³/mol. The molecule has 0 fully saturated rings. The van der Waals surface area contributed by atoms with Gasteiger partial charge >= 0.3 is 0 Å². The van der Waals surface area contributed by atoms with Crippen LogP contribution in [0, 0.1) is 5.41 Å². The molecule has 0 aromatic carbocycles. The van der Waals surface area contributed by atoms with Crippen molar-refractivity contribution in [1.29, 1.82) is 5.41 Å². The summed E-state index contributed by atoms with van der Waals surface area (Å²) < 4.78 is 0. The van der Waals surface area contributed by atoms with Crippen LogP contribution in [0.3, 0.4) is 0 Å². The Balaban J connectivity index is 2.95. The molecule has 3 N–H and O–H groups in total. The van der Waals surface area contributed by atoms with Crippen LogP contribution in [-0.4, -0.2) is 5.71 Å². The van der Waals surface area contributed by atoms with Gasteiger partial charge in [-0.1, -0.05) is 12.2 Å². The van der Waals surface area contributed by atoms with Gasteiger partial charge in [0.05, 0.1) is 0 Å². The summed E-state index contributed by atoms with van der Waals surface area (Å²) in [6.07, 6.45) is 5.81. The minimum absolute atomic E-state index is 0.669. The van der Waals surface area contributed by atoms with Crippen LogP contribution in [0.2, 0.25) is 0 Å². The Labute approximate surface area is 60.9 Å². The highest BCUT2D eigenvalue weighted by molar-refractivity contribution is 6.01. The molecule has 0 unspecified atom stereocenters. The lowest BCUT2D eigenvalue weighted by atomic mass is 9.98. The SMILES string of the molecule is C/C(N)=C1\C=CCCC1=N. The third kappa shape index (κ3) is 1.26. The summed E-state index contributed by atoms with van der Waals surface area (Å²) in [5.74, 6) is 0. The lowest BCUT2D eigenvalue weighted by molar-refractivity contribution is 1.05. The van der Waals surface area contributed by atoms with Gasteiger partial charge in [0.2, 0.25) is 0 Å². The van der Waals surface area contributed by atoms with E-state index in [0.717, 1.165) is 24.1 Å². The van der Waals surface area contributed by atoms with Gasteiger partial charge in [-0.25, -0.2) is 0 Å². The van der Waals surface area contributed by atoms with Gasteiger partial charge < -0.3 is 11.1 Å². The van der Waals surface area contributed by atoms with Gasteiger partial charge in [0, 0.05) is 17.0 Å². The largest absolute Gasteiger partial charge is 0.402 e. The topological polar surface area (TPSA) is 49.9 Å². The Morgan fingerprint density at radius 1 is 1.70 bits per heavy atom. The summed E-state index contributed by atoms with van der Waals surface area (Å²) >= 11 is 0. The Morgan fingerprint density at radius 2 is 2.40 bits per heavy atom. The molecule has 0 spiro atoms. The van der Waals surface area contributed by atoms with E-state index in [1.807, 2.05) is 13.0 Å². The molecular formula is C8H12N2. The first-order valence-corrected chi connectivity index (χ1v) is 3.42. The fraction of sp³-hybridized carbons (Fsp3) is 0.375. The van der Waals surface area contributed by atoms with E-state index in [1.54, 1.807) is 0 Å². The molecule has 10 heavy (non-hydrogen) atoms. The summed E-state index contributed by atoms with van der Waals surface area (Å²) in [5.41, 5.74) is 7.87. The maximum absolute atomic E-state index is 7.49. The number of allylic oxidation sites excluding steroid dienone is 4. The van der Waals surface area contributed by atoms with Crippen molar-refractivity contribution in [3.63, 3.8) is 0 Å². The zero-order valence-corrected chi connectivity index (χ0v) is 6.15. The fourth-order valence-electron chi connectivity index (χ4n) is 1.03. The summed E-state index contributed by atoms with van der Waals surface area (Å²) in [6, 6.07) is 0. The highest BCUT2D eigenvalue weighted by Gasteiger charge is 2.06. The zero-order chi connectivity index (χ0) is 7.56. The standard InChI is InChI=1S/C8H12N2/c1-6(9)7-4-2-3-5-8(7)10/h2,4,10H,3,5,9H2,1H3/b7-6-,10-8?. The van der Waals surface area contributed by atoms with Crippen LogP contribution in [0.1, 0.15) is 19.8 Å². The predicted octanol–water partition coefficient (Wildman–Crippen LogP) is 1.59. The second-order valence-electron chi connectivity index (χ2n) is 2.52. The molecule has 54 valence electrons. The number of nitrogens with two attached hydrogens (primary N) is 1.